The van der Waals surface area contributed by atoms with E-state index in [0.29, 0.717) is 11.8 Å². The minimum absolute atomic E-state index is 0.671. The molecule has 0 aliphatic heterocycles. The summed E-state index contributed by atoms with van der Waals surface area (Å²) in [4.78, 5) is 0. The van der Waals surface area contributed by atoms with E-state index < -0.39 is 0 Å². The van der Waals surface area contributed by atoms with Crippen LogP contribution in [0.2, 0.25) is 0 Å². The molecule has 58 valence electrons. The quantitative estimate of drug-likeness (QED) is 0.437. The molecule has 1 fully saturated rings. The molecule has 10 heavy (non-hydrogen) atoms. The zero-order valence-corrected chi connectivity index (χ0v) is 6.80. The number of nitrogens with zero attached hydrogens (tertiary/aromatic N) is 1. The summed E-state index contributed by atoms with van der Waals surface area (Å²) >= 11 is 0. The molecule has 2 N–H and O–H groups in total. The smallest absolute Gasteiger partial charge is 0.0409 e. The molecule has 2 heteroatoms. The van der Waals surface area contributed by atoms with Crippen LogP contribution in [0.3, 0.4) is 0 Å². The van der Waals surface area contributed by atoms with Gasteiger partial charge in [0.1, 0.15) is 0 Å². The molecule has 0 aromatic heterocycles. The van der Waals surface area contributed by atoms with E-state index in [0.717, 1.165) is 6.42 Å². The fourth-order valence-electron chi connectivity index (χ4n) is 1.73. The van der Waals surface area contributed by atoms with E-state index >= 15 is 0 Å². The van der Waals surface area contributed by atoms with Crippen LogP contribution < -0.4 is 5.84 Å². The van der Waals surface area contributed by atoms with Crippen molar-refractivity contribution in [2.24, 2.45) is 22.8 Å². The Hall–Kier alpha value is -0.530. The van der Waals surface area contributed by atoms with Gasteiger partial charge in [0.15, 0.2) is 0 Å². The SMILES string of the molecule is CC(C)C1CCC/C1=N\N. The van der Waals surface area contributed by atoms with E-state index in [1.165, 1.54) is 18.6 Å². The van der Waals surface area contributed by atoms with Crippen molar-refractivity contribution in [3.63, 3.8) is 0 Å². The summed E-state index contributed by atoms with van der Waals surface area (Å²) in [5.74, 6) is 6.63. The maximum atomic E-state index is 5.25. The summed E-state index contributed by atoms with van der Waals surface area (Å²) < 4.78 is 0. The topological polar surface area (TPSA) is 38.4 Å². The lowest BCUT2D eigenvalue weighted by Gasteiger charge is -2.13. The summed E-state index contributed by atoms with van der Waals surface area (Å²) in [7, 11) is 0. The zero-order chi connectivity index (χ0) is 7.56. The lowest BCUT2D eigenvalue weighted by atomic mass is 9.93. The number of hydrogen-bond acceptors (Lipinski definition) is 2. The van der Waals surface area contributed by atoms with Gasteiger partial charge in [-0.1, -0.05) is 13.8 Å². The van der Waals surface area contributed by atoms with Crippen LogP contribution in [-0.2, 0) is 0 Å². The first-order valence-electron chi connectivity index (χ1n) is 4.02. The summed E-state index contributed by atoms with van der Waals surface area (Å²) in [6.45, 7) is 4.47. The average molecular weight is 140 g/mol. The third kappa shape index (κ3) is 1.31. The van der Waals surface area contributed by atoms with Crippen LogP contribution in [0.25, 0.3) is 0 Å². The lowest BCUT2D eigenvalue weighted by Crippen LogP contribution is -2.14. The number of rotatable bonds is 1. The summed E-state index contributed by atoms with van der Waals surface area (Å²) in [6, 6.07) is 0. The van der Waals surface area contributed by atoms with Crippen LogP contribution in [0.4, 0.5) is 0 Å². The Bertz CT molecular complexity index is 138. The van der Waals surface area contributed by atoms with Crippen LogP contribution >= 0.6 is 0 Å². The van der Waals surface area contributed by atoms with E-state index in [4.69, 9.17) is 5.84 Å². The van der Waals surface area contributed by atoms with Gasteiger partial charge in [-0.05, 0) is 25.2 Å². The monoisotopic (exact) mass is 140 g/mol. The molecule has 0 radical (unpaired) electrons. The van der Waals surface area contributed by atoms with Crippen LogP contribution in [0.5, 0.6) is 0 Å². The van der Waals surface area contributed by atoms with Crippen molar-refractivity contribution < 1.29 is 0 Å². The average Bonchev–Trinajstić information content (AvgIpc) is 2.33. The molecule has 0 aromatic carbocycles. The van der Waals surface area contributed by atoms with Crippen molar-refractivity contribution in [2.75, 3.05) is 0 Å². The fraction of sp³-hybridized carbons (Fsp3) is 0.875. The highest BCUT2D eigenvalue weighted by Crippen LogP contribution is 2.28. The Balaban J connectivity index is 2.59. The second-order valence-electron chi connectivity index (χ2n) is 3.36. The Kier molecular flexibility index (Phi) is 2.30. The van der Waals surface area contributed by atoms with Gasteiger partial charge in [0, 0.05) is 11.6 Å². The predicted molar refractivity (Wildman–Crippen MR) is 43.8 cm³/mol. The van der Waals surface area contributed by atoms with Gasteiger partial charge in [0.2, 0.25) is 0 Å². The number of nitrogens with two attached hydrogens (primary N) is 1. The summed E-state index contributed by atoms with van der Waals surface area (Å²) in [6.07, 6.45) is 3.69. The molecule has 1 saturated carbocycles. The minimum atomic E-state index is 0.671. The van der Waals surface area contributed by atoms with Gasteiger partial charge in [-0.15, -0.1) is 0 Å². The van der Waals surface area contributed by atoms with E-state index in [1.807, 2.05) is 0 Å². The zero-order valence-electron chi connectivity index (χ0n) is 6.80. The van der Waals surface area contributed by atoms with Crippen LogP contribution in [0.15, 0.2) is 5.10 Å². The second kappa shape index (κ2) is 3.04. The van der Waals surface area contributed by atoms with Gasteiger partial charge in [0.25, 0.3) is 0 Å². The lowest BCUT2D eigenvalue weighted by molar-refractivity contribution is 0.486. The molecule has 0 saturated heterocycles. The molecule has 0 aromatic rings. The fourth-order valence-corrected chi connectivity index (χ4v) is 1.73. The van der Waals surface area contributed by atoms with E-state index in [1.54, 1.807) is 0 Å². The predicted octanol–water partition coefficient (Wildman–Crippen LogP) is 1.76. The highest BCUT2D eigenvalue weighted by Gasteiger charge is 2.24. The van der Waals surface area contributed by atoms with Crippen molar-refractivity contribution >= 4 is 5.71 Å². The van der Waals surface area contributed by atoms with Gasteiger partial charge in [-0.2, -0.15) is 5.10 Å². The molecular weight excluding hydrogens is 124 g/mol. The molecule has 1 rings (SSSR count). The molecule has 0 amide bonds. The highest BCUT2D eigenvalue weighted by atomic mass is 15.1. The minimum Gasteiger partial charge on any atom is -0.323 e. The largest absolute Gasteiger partial charge is 0.323 e. The van der Waals surface area contributed by atoms with Crippen molar-refractivity contribution in [3.05, 3.63) is 0 Å². The highest BCUT2D eigenvalue weighted by molar-refractivity contribution is 5.88. The van der Waals surface area contributed by atoms with Gasteiger partial charge in [0.05, 0.1) is 0 Å². The first-order chi connectivity index (χ1) is 4.75. The first kappa shape index (κ1) is 7.58. The Labute approximate surface area is 62.5 Å². The van der Waals surface area contributed by atoms with Gasteiger partial charge < -0.3 is 5.84 Å². The van der Waals surface area contributed by atoms with Crippen molar-refractivity contribution in [2.45, 2.75) is 33.1 Å². The third-order valence-electron chi connectivity index (χ3n) is 2.35. The van der Waals surface area contributed by atoms with E-state index in [-0.39, 0.29) is 0 Å². The molecule has 0 spiro atoms. The van der Waals surface area contributed by atoms with Crippen LogP contribution in [0, 0.1) is 11.8 Å². The summed E-state index contributed by atoms with van der Waals surface area (Å²) in [5, 5.41) is 3.81. The number of hydrogen-bond donors (Lipinski definition) is 1. The number of hydrazone groups is 1. The molecule has 1 aliphatic rings. The maximum absolute atomic E-state index is 5.25. The van der Waals surface area contributed by atoms with Gasteiger partial charge in [-0.3, -0.25) is 0 Å². The molecular formula is C8H16N2. The third-order valence-corrected chi connectivity index (χ3v) is 2.35. The van der Waals surface area contributed by atoms with E-state index in [9.17, 15) is 0 Å². The second-order valence-corrected chi connectivity index (χ2v) is 3.36. The molecule has 0 bridgehead atoms. The van der Waals surface area contributed by atoms with Crippen molar-refractivity contribution in [1.82, 2.24) is 0 Å². The van der Waals surface area contributed by atoms with Crippen molar-refractivity contribution in [1.29, 1.82) is 0 Å². The van der Waals surface area contributed by atoms with Crippen LogP contribution in [-0.4, -0.2) is 5.71 Å². The maximum Gasteiger partial charge on any atom is 0.0409 e. The normalized spacial score (nSPS) is 30.3. The molecule has 1 unspecified atom stereocenters. The molecule has 2 nitrogen and oxygen atoms in total. The van der Waals surface area contributed by atoms with Gasteiger partial charge in [-0.25, -0.2) is 0 Å². The Morgan fingerprint density at radius 1 is 1.60 bits per heavy atom. The standard InChI is InChI=1S/C8H16N2/c1-6(2)7-4-3-5-8(7)10-9/h6-7H,3-5,9H2,1-2H3/b10-8+. The summed E-state index contributed by atoms with van der Waals surface area (Å²) in [5.41, 5.74) is 1.23. The molecule has 0 heterocycles. The first-order valence-corrected chi connectivity index (χ1v) is 4.02. The van der Waals surface area contributed by atoms with Gasteiger partial charge >= 0.3 is 0 Å². The molecule has 1 atom stereocenters. The molecule has 1 aliphatic carbocycles. The Morgan fingerprint density at radius 2 is 2.30 bits per heavy atom. The van der Waals surface area contributed by atoms with Crippen LogP contribution in [0.1, 0.15) is 33.1 Å². The van der Waals surface area contributed by atoms with Crippen molar-refractivity contribution in [3.8, 4) is 0 Å². The van der Waals surface area contributed by atoms with E-state index in [2.05, 4.69) is 18.9 Å². The Morgan fingerprint density at radius 3 is 2.70 bits per heavy atom.